The van der Waals surface area contributed by atoms with Crippen LogP contribution in [0.5, 0.6) is 0 Å². The number of benzene rings is 2. The van der Waals surface area contributed by atoms with Crippen LogP contribution in [0, 0.1) is 11.7 Å². The van der Waals surface area contributed by atoms with E-state index in [2.05, 4.69) is 17.0 Å². The van der Waals surface area contributed by atoms with Gasteiger partial charge in [-0.1, -0.05) is 49.2 Å². The highest BCUT2D eigenvalue weighted by Crippen LogP contribution is 2.54. The Morgan fingerprint density at radius 1 is 1.10 bits per heavy atom. The molecule has 0 unspecified atom stereocenters. The Labute approximate surface area is 183 Å². The summed E-state index contributed by atoms with van der Waals surface area (Å²) in [6.45, 7) is 4.27. The molecule has 3 aliphatic rings. The van der Waals surface area contributed by atoms with Crippen LogP contribution in [-0.4, -0.2) is 58.6 Å². The molecule has 0 aromatic heterocycles. The molecule has 164 valence electrons. The lowest BCUT2D eigenvalue weighted by molar-refractivity contribution is -0.198. The van der Waals surface area contributed by atoms with E-state index in [1.54, 1.807) is 19.1 Å². The second kappa shape index (κ2) is 8.03. The summed E-state index contributed by atoms with van der Waals surface area (Å²) in [6.07, 6.45) is 5.15. The molecule has 2 heterocycles. The van der Waals surface area contributed by atoms with Gasteiger partial charge in [0, 0.05) is 38.5 Å². The van der Waals surface area contributed by atoms with Crippen molar-refractivity contribution in [2.75, 3.05) is 26.2 Å². The number of aliphatic hydroxyl groups excluding tert-OH is 1. The standard InChI is InChI=1S/C26H31FN2O2/c1-18(31)28-16-26(17-28)25(24(15-30)29(26)14-19-5-2-3-6-19)21-11-9-20(10-12-21)22-7-4-8-23(27)13-22/h4,7-13,19,24-25,30H,2-3,5-6,14-17H2,1H3/t24-,25+/m0/s1. The van der Waals surface area contributed by atoms with Gasteiger partial charge in [-0.15, -0.1) is 0 Å². The molecule has 4 nitrogen and oxygen atoms in total. The summed E-state index contributed by atoms with van der Waals surface area (Å²) in [5.74, 6) is 0.796. The van der Waals surface area contributed by atoms with Crippen molar-refractivity contribution < 1.29 is 14.3 Å². The van der Waals surface area contributed by atoms with E-state index in [4.69, 9.17) is 0 Å². The molecule has 1 amide bonds. The van der Waals surface area contributed by atoms with Crippen LogP contribution >= 0.6 is 0 Å². The van der Waals surface area contributed by atoms with Gasteiger partial charge in [0.25, 0.3) is 0 Å². The summed E-state index contributed by atoms with van der Waals surface area (Å²) in [5, 5.41) is 10.3. The zero-order valence-electron chi connectivity index (χ0n) is 18.1. The molecule has 31 heavy (non-hydrogen) atoms. The minimum absolute atomic E-state index is 0.0674. The van der Waals surface area contributed by atoms with Gasteiger partial charge in [0.2, 0.25) is 5.91 Å². The number of aliphatic hydroxyl groups is 1. The van der Waals surface area contributed by atoms with Crippen molar-refractivity contribution in [2.24, 2.45) is 5.92 Å². The van der Waals surface area contributed by atoms with Crippen molar-refractivity contribution in [3.63, 3.8) is 0 Å². The van der Waals surface area contributed by atoms with Crippen molar-refractivity contribution in [3.05, 3.63) is 59.9 Å². The van der Waals surface area contributed by atoms with Crippen LogP contribution in [0.1, 0.15) is 44.1 Å². The number of rotatable bonds is 5. The minimum atomic E-state index is -0.235. The molecule has 3 fully saturated rings. The monoisotopic (exact) mass is 422 g/mol. The van der Waals surface area contributed by atoms with Crippen LogP contribution in [0.3, 0.4) is 0 Å². The van der Waals surface area contributed by atoms with E-state index >= 15 is 0 Å². The first kappa shape index (κ1) is 20.7. The Bertz CT molecular complexity index is 948. The van der Waals surface area contributed by atoms with E-state index in [1.807, 2.05) is 23.1 Å². The van der Waals surface area contributed by atoms with E-state index in [-0.39, 0.29) is 35.8 Å². The van der Waals surface area contributed by atoms with Crippen molar-refractivity contribution in [1.82, 2.24) is 9.80 Å². The molecule has 1 saturated carbocycles. The van der Waals surface area contributed by atoms with Crippen LogP contribution in [-0.2, 0) is 4.79 Å². The number of carbonyl (C=O) groups is 1. The molecule has 2 aromatic rings. The maximum Gasteiger partial charge on any atom is 0.219 e. The van der Waals surface area contributed by atoms with Crippen LogP contribution in [0.4, 0.5) is 4.39 Å². The van der Waals surface area contributed by atoms with E-state index in [1.165, 1.54) is 37.3 Å². The number of carbonyl (C=O) groups excluding carboxylic acids is 1. The van der Waals surface area contributed by atoms with Crippen molar-refractivity contribution in [2.45, 2.75) is 50.1 Å². The van der Waals surface area contributed by atoms with Gasteiger partial charge in [0.1, 0.15) is 5.82 Å². The first-order chi connectivity index (χ1) is 15.0. The van der Waals surface area contributed by atoms with E-state index < -0.39 is 0 Å². The predicted octanol–water partition coefficient (Wildman–Crippen LogP) is 4.04. The fraction of sp³-hybridized carbons (Fsp3) is 0.500. The maximum absolute atomic E-state index is 13.6. The zero-order chi connectivity index (χ0) is 21.6. The van der Waals surface area contributed by atoms with Crippen LogP contribution in [0.15, 0.2) is 48.5 Å². The summed E-state index contributed by atoms with van der Waals surface area (Å²) in [5.41, 5.74) is 2.98. The SMILES string of the molecule is CC(=O)N1CC2(C1)[C@H](c1ccc(-c3cccc(F)c3)cc1)[C@H](CO)N2CC1CCCC1. The molecule has 0 radical (unpaired) electrons. The number of likely N-dealkylation sites (tertiary alicyclic amines) is 2. The van der Waals surface area contributed by atoms with Gasteiger partial charge in [0.15, 0.2) is 0 Å². The molecule has 1 spiro atoms. The number of halogens is 1. The van der Waals surface area contributed by atoms with Gasteiger partial charge in [-0.3, -0.25) is 9.69 Å². The Hall–Kier alpha value is -2.24. The van der Waals surface area contributed by atoms with Crippen LogP contribution in [0.2, 0.25) is 0 Å². The summed E-state index contributed by atoms with van der Waals surface area (Å²) >= 11 is 0. The molecular weight excluding hydrogens is 391 g/mol. The van der Waals surface area contributed by atoms with Gasteiger partial charge in [-0.05, 0) is 47.6 Å². The Balaban J connectivity index is 1.41. The lowest BCUT2D eigenvalue weighted by Gasteiger charge is -2.71. The molecule has 2 atom stereocenters. The average Bonchev–Trinajstić information content (AvgIpc) is 3.23. The van der Waals surface area contributed by atoms with Crippen LogP contribution in [0.25, 0.3) is 11.1 Å². The fourth-order valence-corrected chi connectivity index (χ4v) is 6.26. The predicted molar refractivity (Wildman–Crippen MR) is 119 cm³/mol. The van der Waals surface area contributed by atoms with Gasteiger partial charge in [-0.25, -0.2) is 4.39 Å². The molecule has 1 N–H and O–H groups in total. The zero-order valence-corrected chi connectivity index (χ0v) is 18.1. The van der Waals surface area contributed by atoms with E-state index in [0.29, 0.717) is 5.92 Å². The largest absolute Gasteiger partial charge is 0.395 e. The summed E-state index contributed by atoms with van der Waals surface area (Å²) in [7, 11) is 0. The number of hydrogen-bond acceptors (Lipinski definition) is 3. The van der Waals surface area contributed by atoms with E-state index in [9.17, 15) is 14.3 Å². The van der Waals surface area contributed by atoms with Gasteiger partial charge in [0.05, 0.1) is 12.1 Å². The second-order valence-corrected chi connectivity index (χ2v) is 9.64. The summed E-state index contributed by atoms with van der Waals surface area (Å²) in [6, 6.07) is 15.1. The van der Waals surface area contributed by atoms with Crippen LogP contribution < -0.4 is 0 Å². The van der Waals surface area contributed by atoms with Gasteiger partial charge < -0.3 is 10.0 Å². The number of hydrogen-bond donors (Lipinski definition) is 1. The fourth-order valence-electron chi connectivity index (χ4n) is 6.26. The van der Waals surface area contributed by atoms with E-state index in [0.717, 1.165) is 30.8 Å². The van der Waals surface area contributed by atoms with Gasteiger partial charge in [-0.2, -0.15) is 0 Å². The summed E-state index contributed by atoms with van der Waals surface area (Å²) in [4.78, 5) is 16.4. The third kappa shape index (κ3) is 3.48. The van der Waals surface area contributed by atoms with Crippen molar-refractivity contribution in [1.29, 1.82) is 0 Å². The Morgan fingerprint density at radius 2 is 1.81 bits per heavy atom. The molecule has 1 aliphatic carbocycles. The third-order valence-electron chi connectivity index (χ3n) is 7.86. The molecule has 0 bridgehead atoms. The third-order valence-corrected chi connectivity index (χ3v) is 7.86. The molecule has 2 aromatic carbocycles. The van der Waals surface area contributed by atoms with Crippen molar-refractivity contribution in [3.8, 4) is 11.1 Å². The topological polar surface area (TPSA) is 43.8 Å². The number of amides is 1. The Kier molecular flexibility index (Phi) is 5.35. The van der Waals surface area contributed by atoms with Gasteiger partial charge >= 0.3 is 0 Å². The first-order valence-electron chi connectivity index (χ1n) is 11.5. The smallest absolute Gasteiger partial charge is 0.219 e. The van der Waals surface area contributed by atoms with Crippen molar-refractivity contribution >= 4 is 5.91 Å². The molecule has 5 heteroatoms. The minimum Gasteiger partial charge on any atom is -0.395 e. The summed E-state index contributed by atoms with van der Waals surface area (Å²) < 4.78 is 13.6. The Morgan fingerprint density at radius 3 is 2.42 bits per heavy atom. The average molecular weight is 423 g/mol. The molecule has 2 saturated heterocycles. The normalized spacial score (nSPS) is 25.5. The number of nitrogens with zero attached hydrogens (tertiary/aromatic N) is 2. The first-order valence-corrected chi connectivity index (χ1v) is 11.5. The lowest BCUT2D eigenvalue weighted by atomic mass is 9.60. The maximum atomic E-state index is 13.6. The highest BCUT2D eigenvalue weighted by atomic mass is 19.1. The molecule has 5 rings (SSSR count). The lowest BCUT2D eigenvalue weighted by Crippen LogP contribution is -2.85. The second-order valence-electron chi connectivity index (χ2n) is 9.64. The quantitative estimate of drug-likeness (QED) is 0.791. The molecular formula is C26H31FN2O2. The highest BCUT2D eigenvalue weighted by Gasteiger charge is 2.66. The highest BCUT2D eigenvalue weighted by molar-refractivity contribution is 5.75. The molecule has 2 aliphatic heterocycles.